The van der Waals surface area contributed by atoms with Gasteiger partial charge in [0.1, 0.15) is 5.92 Å². The van der Waals surface area contributed by atoms with E-state index in [1.54, 1.807) is 13.8 Å². The van der Waals surface area contributed by atoms with Crippen molar-refractivity contribution in [3.05, 3.63) is 35.4 Å². The normalized spacial score (nSPS) is 20.9. The Morgan fingerprint density at radius 2 is 1.96 bits per heavy atom. The van der Waals surface area contributed by atoms with Crippen molar-refractivity contribution in [1.82, 2.24) is 5.32 Å². The Hall–Kier alpha value is -2.17. The van der Waals surface area contributed by atoms with Crippen LogP contribution in [-0.2, 0) is 16.0 Å². The van der Waals surface area contributed by atoms with E-state index in [9.17, 15) is 9.59 Å². The van der Waals surface area contributed by atoms with Crippen LogP contribution in [0.3, 0.4) is 0 Å². The van der Waals surface area contributed by atoms with Crippen LogP contribution in [0.5, 0.6) is 0 Å². The number of rotatable bonds is 5. The highest BCUT2D eigenvalue weighted by Gasteiger charge is 2.37. The van der Waals surface area contributed by atoms with E-state index in [4.69, 9.17) is 4.74 Å². The average molecular weight is 316 g/mol. The Morgan fingerprint density at radius 1 is 1.30 bits per heavy atom. The summed E-state index contributed by atoms with van der Waals surface area (Å²) in [5, 5.41) is 2.79. The van der Waals surface area contributed by atoms with Crippen LogP contribution in [0.1, 0.15) is 44.9 Å². The maximum absolute atomic E-state index is 12.3. The van der Waals surface area contributed by atoms with Gasteiger partial charge in [0.05, 0.1) is 12.6 Å². The predicted octanol–water partition coefficient (Wildman–Crippen LogP) is 3.29. The van der Waals surface area contributed by atoms with Crippen LogP contribution in [0.4, 0.5) is 4.79 Å². The third-order valence-electron chi connectivity index (χ3n) is 3.86. The molecule has 124 valence electrons. The second-order valence-electron chi connectivity index (χ2n) is 6.25. The molecule has 2 unspecified atom stereocenters. The van der Waals surface area contributed by atoms with Crippen LogP contribution in [-0.4, -0.2) is 24.3 Å². The number of nitrogens with zero attached hydrogens (tertiary/aromatic N) is 1. The summed E-state index contributed by atoms with van der Waals surface area (Å²) >= 11 is 0. The zero-order valence-corrected chi connectivity index (χ0v) is 14.1. The molecule has 2 amide bonds. The maximum atomic E-state index is 12.3. The first-order valence-electron chi connectivity index (χ1n) is 8.03. The Kier molecular flexibility index (Phi) is 5.53. The van der Waals surface area contributed by atoms with Crippen LogP contribution in [0.25, 0.3) is 0 Å². The first-order valence-corrected chi connectivity index (χ1v) is 8.03. The lowest BCUT2D eigenvalue weighted by molar-refractivity contribution is -0.146. The molecule has 0 saturated heterocycles. The Balaban J connectivity index is 2.28. The van der Waals surface area contributed by atoms with E-state index in [1.807, 2.05) is 24.3 Å². The highest BCUT2D eigenvalue weighted by molar-refractivity contribution is 6.08. The summed E-state index contributed by atoms with van der Waals surface area (Å²) in [5.41, 5.74) is 2.62. The SMILES string of the molecule is CCOC(=O)C1C(C)=NC(=O)NC1c1ccc(CC(C)C)cc1. The van der Waals surface area contributed by atoms with E-state index < -0.39 is 18.0 Å². The summed E-state index contributed by atoms with van der Waals surface area (Å²) in [6, 6.07) is 7.17. The minimum atomic E-state index is -0.580. The van der Waals surface area contributed by atoms with Crippen molar-refractivity contribution in [2.45, 2.75) is 40.2 Å². The highest BCUT2D eigenvalue weighted by atomic mass is 16.5. The second kappa shape index (κ2) is 7.40. The van der Waals surface area contributed by atoms with Gasteiger partial charge >= 0.3 is 12.0 Å². The van der Waals surface area contributed by atoms with Crippen molar-refractivity contribution >= 4 is 17.7 Å². The molecule has 2 atom stereocenters. The standard InChI is InChI=1S/C18H24N2O3/c1-5-23-17(21)15-12(4)19-18(22)20-16(15)14-8-6-13(7-9-14)10-11(2)3/h6-9,11,15-16H,5,10H2,1-4H3,(H,20,22). The fourth-order valence-electron chi connectivity index (χ4n) is 2.87. The Morgan fingerprint density at radius 3 is 2.52 bits per heavy atom. The molecule has 1 heterocycles. The van der Waals surface area contributed by atoms with E-state index in [-0.39, 0.29) is 5.97 Å². The van der Waals surface area contributed by atoms with Crippen LogP contribution >= 0.6 is 0 Å². The van der Waals surface area contributed by atoms with Gasteiger partial charge in [-0.2, -0.15) is 0 Å². The van der Waals surface area contributed by atoms with Crippen molar-refractivity contribution in [3.8, 4) is 0 Å². The third kappa shape index (κ3) is 4.18. The number of carbonyl (C=O) groups is 2. The minimum Gasteiger partial charge on any atom is -0.465 e. The Labute approximate surface area is 137 Å². The molecule has 1 N–H and O–H groups in total. The van der Waals surface area contributed by atoms with Gasteiger partial charge < -0.3 is 10.1 Å². The monoisotopic (exact) mass is 316 g/mol. The zero-order chi connectivity index (χ0) is 17.0. The van der Waals surface area contributed by atoms with Crippen molar-refractivity contribution < 1.29 is 14.3 Å². The molecule has 1 aliphatic rings. The molecule has 1 aliphatic heterocycles. The minimum absolute atomic E-state index is 0.302. The molecule has 0 aromatic heterocycles. The molecule has 0 spiro atoms. The second-order valence-corrected chi connectivity index (χ2v) is 6.25. The van der Waals surface area contributed by atoms with Gasteiger partial charge in [-0.1, -0.05) is 38.1 Å². The van der Waals surface area contributed by atoms with Gasteiger partial charge in [0, 0.05) is 5.71 Å². The van der Waals surface area contributed by atoms with E-state index in [0.29, 0.717) is 18.2 Å². The van der Waals surface area contributed by atoms with Gasteiger partial charge in [0.2, 0.25) is 0 Å². The number of amides is 2. The number of hydrogen-bond donors (Lipinski definition) is 1. The molecule has 1 aromatic rings. The number of esters is 1. The smallest absolute Gasteiger partial charge is 0.341 e. The lowest BCUT2D eigenvalue weighted by Crippen LogP contribution is -2.44. The van der Waals surface area contributed by atoms with Gasteiger partial charge in [-0.25, -0.2) is 9.79 Å². The van der Waals surface area contributed by atoms with Crippen LogP contribution < -0.4 is 5.32 Å². The molecule has 2 rings (SSSR count). The highest BCUT2D eigenvalue weighted by Crippen LogP contribution is 2.28. The van der Waals surface area contributed by atoms with E-state index in [1.165, 1.54) is 5.56 Å². The summed E-state index contributed by atoms with van der Waals surface area (Å²) in [5.74, 6) is -0.356. The summed E-state index contributed by atoms with van der Waals surface area (Å²) < 4.78 is 5.14. The molecule has 0 saturated carbocycles. The lowest BCUT2D eigenvalue weighted by Gasteiger charge is -2.29. The number of nitrogens with one attached hydrogen (secondary N) is 1. The fourth-order valence-corrected chi connectivity index (χ4v) is 2.87. The predicted molar refractivity (Wildman–Crippen MR) is 89.5 cm³/mol. The zero-order valence-electron chi connectivity index (χ0n) is 14.1. The molecular weight excluding hydrogens is 292 g/mol. The lowest BCUT2D eigenvalue weighted by atomic mass is 9.87. The number of ether oxygens (including phenoxy) is 1. The van der Waals surface area contributed by atoms with Gasteiger partial charge in [-0.05, 0) is 37.3 Å². The summed E-state index contributed by atoms with van der Waals surface area (Å²) in [6.45, 7) is 8.11. The first kappa shape index (κ1) is 17.2. The molecule has 0 aliphatic carbocycles. The van der Waals surface area contributed by atoms with Crippen LogP contribution in [0.2, 0.25) is 0 Å². The largest absolute Gasteiger partial charge is 0.465 e. The molecule has 23 heavy (non-hydrogen) atoms. The molecule has 0 fully saturated rings. The fraction of sp³-hybridized carbons (Fsp3) is 0.500. The number of hydrogen-bond acceptors (Lipinski definition) is 3. The molecule has 0 radical (unpaired) electrons. The summed E-state index contributed by atoms with van der Waals surface area (Å²) in [7, 11) is 0. The topological polar surface area (TPSA) is 67.8 Å². The summed E-state index contributed by atoms with van der Waals surface area (Å²) in [4.78, 5) is 27.9. The first-order chi connectivity index (χ1) is 10.9. The van der Waals surface area contributed by atoms with Gasteiger partial charge in [-0.15, -0.1) is 0 Å². The van der Waals surface area contributed by atoms with Gasteiger partial charge in [-0.3, -0.25) is 4.79 Å². The van der Waals surface area contributed by atoms with E-state index in [0.717, 1.165) is 12.0 Å². The quantitative estimate of drug-likeness (QED) is 0.848. The van der Waals surface area contributed by atoms with E-state index >= 15 is 0 Å². The maximum Gasteiger partial charge on any atom is 0.341 e. The van der Waals surface area contributed by atoms with E-state index in [2.05, 4.69) is 24.2 Å². The molecule has 5 heteroatoms. The van der Waals surface area contributed by atoms with Crippen molar-refractivity contribution in [1.29, 1.82) is 0 Å². The summed E-state index contributed by atoms with van der Waals surface area (Å²) in [6.07, 6.45) is 0.999. The average Bonchev–Trinajstić information content (AvgIpc) is 2.46. The number of urea groups is 1. The molecule has 5 nitrogen and oxygen atoms in total. The van der Waals surface area contributed by atoms with Gasteiger partial charge in [0.15, 0.2) is 0 Å². The van der Waals surface area contributed by atoms with Crippen LogP contribution in [0, 0.1) is 11.8 Å². The number of benzene rings is 1. The number of carbonyl (C=O) groups excluding carboxylic acids is 2. The van der Waals surface area contributed by atoms with Crippen molar-refractivity contribution in [3.63, 3.8) is 0 Å². The molecular formula is C18H24N2O3. The van der Waals surface area contributed by atoms with Crippen LogP contribution in [0.15, 0.2) is 29.3 Å². The third-order valence-corrected chi connectivity index (χ3v) is 3.86. The van der Waals surface area contributed by atoms with Crippen molar-refractivity contribution in [2.24, 2.45) is 16.8 Å². The number of aliphatic imine (C=N–C) groups is 1. The van der Waals surface area contributed by atoms with Gasteiger partial charge in [0.25, 0.3) is 0 Å². The molecule has 0 bridgehead atoms. The molecule has 1 aromatic carbocycles. The Bertz CT molecular complexity index is 605. The van der Waals surface area contributed by atoms with Crippen molar-refractivity contribution in [2.75, 3.05) is 6.61 Å².